The summed E-state index contributed by atoms with van der Waals surface area (Å²) in [4.78, 5) is 0. The molecule has 0 radical (unpaired) electrons. The molecule has 0 aromatic heterocycles. The van der Waals surface area contributed by atoms with Crippen LogP contribution in [-0.4, -0.2) is 0 Å². The van der Waals surface area contributed by atoms with E-state index in [1.54, 1.807) is 0 Å². The predicted octanol–water partition coefficient (Wildman–Crippen LogP) is 13.6. The van der Waals surface area contributed by atoms with Crippen LogP contribution in [0, 0.1) is 113 Å². The third-order valence-electron chi connectivity index (χ3n) is 3.32. The second kappa shape index (κ2) is 58.7. The molecule has 0 saturated heterocycles. The molecule has 0 aliphatic heterocycles. The van der Waals surface area contributed by atoms with Crippen molar-refractivity contribution in [3.05, 3.63) is 97.1 Å². The van der Waals surface area contributed by atoms with Crippen molar-refractivity contribution in [3.63, 3.8) is 0 Å². The van der Waals surface area contributed by atoms with Crippen LogP contribution in [0.25, 0.3) is 21.5 Å². The molecule has 4 aromatic carbocycles. The Kier molecular flexibility index (Phi) is 89.7. The van der Waals surface area contributed by atoms with Gasteiger partial charge in [0.15, 0.2) is 0 Å². The number of hydrogen-bond acceptors (Lipinski definition) is 0. The van der Waals surface area contributed by atoms with Crippen LogP contribution < -0.4 is 0 Å². The standard InChI is InChI=1S/2C10H8.2C3H8.5C2H6.3Ar/c2*1-2-6-10-8-4-3-7-9(10)5-1;2*1-3-2;5*1-2;;;/h2*1-8H;2*3H2,1-2H3;5*1-2H3;;;. The molecule has 0 nitrogen and oxygen atoms in total. The topological polar surface area (TPSA) is 0 Å². The minimum absolute atomic E-state index is 0. The fourth-order valence-electron chi connectivity index (χ4n) is 2.27. The Labute approximate surface area is 336 Å². The molecule has 0 spiro atoms. The predicted molar refractivity (Wildman–Crippen MR) is 177 cm³/mol. The molecule has 0 N–H and O–H groups in total. The Hall–Kier alpha value is 1.18. The van der Waals surface area contributed by atoms with Crippen LogP contribution in [0.4, 0.5) is 0 Å². The zero-order chi connectivity index (χ0) is 29.0. The zero-order valence-corrected chi connectivity index (χ0v) is 29.8. The minimum Gasteiger partial charge on any atom is -0.0683 e. The van der Waals surface area contributed by atoms with Gasteiger partial charge in [0, 0.05) is 113 Å². The summed E-state index contributed by atoms with van der Waals surface area (Å²) in [6.07, 6.45) is 2.50. The van der Waals surface area contributed by atoms with Crippen LogP contribution in [0.3, 0.4) is 0 Å². The summed E-state index contributed by atoms with van der Waals surface area (Å²) in [6.45, 7) is 28.5. The van der Waals surface area contributed by atoms with E-state index >= 15 is 0 Å². The van der Waals surface area contributed by atoms with Gasteiger partial charge in [-0.15, -0.1) is 0 Å². The maximum absolute atomic E-state index is 2.12. The molecule has 0 amide bonds. The van der Waals surface area contributed by atoms with E-state index in [4.69, 9.17) is 0 Å². The Bertz CT molecular complexity index is 657. The second-order valence-corrected chi connectivity index (χ2v) is 6.11. The van der Waals surface area contributed by atoms with E-state index in [1.165, 1.54) is 34.4 Å². The molecule has 0 atom stereocenters. The molecule has 0 aliphatic rings. The first-order valence-corrected chi connectivity index (χ1v) is 14.6. The van der Waals surface area contributed by atoms with E-state index in [0.29, 0.717) is 0 Å². The Morgan fingerprint density at radius 2 is 0.359 bits per heavy atom. The fourth-order valence-corrected chi connectivity index (χ4v) is 2.27. The largest absolute Gasteiger partial charge is 0.0683 e. The van der Waals surface area contributed by atoms with Crippen LogP contribution in [0.5, 0.6) is 0 Å². The van der Waals surface area contributed by atoms with Crippen molar-refractivity contribution in [1.82, 2.24) is 0 Å². The molecule has 0 aliphatic carbocycles. The van der Waals surface area contributed by atoms with E-state index in [2.05, 4.69) is 125 Å². The van der Waals surface area contributed by atoms with Crippen molar-refractivity contribution in [1.29, 1.82) is 0 Å². The van der Waals surface area contributed by atoms with Gasteiger partial charge in [-0.05, 0) is 21.5 Å². The van der Waals surface area contributed by atoms with Crippen LogP contribution in [0.2, 0.25) is 0 Å². The molecule has 0 heterocycles. The molecule has 4 rings (SSSR count). The zero-order valence-electron chi connectivity index (χ0n) is 27.7. The molecule has 0 unspecified atom stereocenters. The summed E-state index contributed by atoms with van der Waals surface area (Å²) in [7, 11) is 0. The first-order chi connectivity index (χ1) is 17.8. The van der Waals surface area contributed by atoms with Crippen molar-refractivity contribution >= 4 is 21.5 Å². The van der Waals surface area contributed by atoms with Crippen LogP contribution in [-0.2, 0) is 0 Å². The molecule has 230 valence electrons. The van der Waals surface area contributed by atoms with Crippen molar-refractivity contribution < 1.29 is 113 Å². The third kappa shape index (κ3) is 39.2. The van der Waals surface area contributed by atoms with E-state index < -0.39 is 0 Å². The van der Waals surface area contributed by atoms with Gasteiger partial charge in [0.25, 0.3) is 0 Å². The van der Waals surface area contributed by atoms with Crippen molar-refractivity contribution in [3.8, 4) is 0 Å². The molecular formula is C36H62Ar3. The second-order valence-electron chi connectivity index (χ2n) is 6.11. The van der Waals surface area contributed by atoms with E-state index in [1.807, 2.05) is 69.2 Å². The summed E-state index contributed by atoms with van der Waals surface area (Å²) < 4.78 is 0. The molecule has 0 fully saturated rings. The van der Waals surface area contributed by atoms with Gasteiger partial charge in [-0.3, -0.25) is 0 Å². The van der Waals surface area contributed by atoms with Crippen molar-refractivity contribution in [2.45, 2.75) is 110 Å². The molecule has 4 aromatic rings. The maximum Gasteiger partial charge on any atom is 0 e. The van der Waals surface area contributed by atoms with Gasteiger partial charge in [-0.25, -0.2) is 0 Å². The molecular weight excluding hydrogens is 552 g/mol. The normalized spacial score (nSPS) is 6.82. The van der Waals surface area contributed by atoms with Crippen LogP contribution in [0.1, 0.15) is 110 Å². The molecule has 0 saturated carbocycles. The van der Waals surface area contributed by atoms with Gasteiger partial charge in [0.1, 0.15) is 0 Å². The number of fused-ring (bicyclic) bond motifs is 2. The molecule has 3 heteroatoms. The van der Waals surface area contributed by atoms with Crippen molar-refractivity contribution in [2.24, 2.45) is 0 Å². The van der Waals surface area contributed by atoms with Gasteiger partial charge >= 0.3 is 0 Å². The Morgan fingerprint density at radius 3 is 0.436 bits per heavy atom. The van der Waals surface area contributed by atoms with Gasteiger partial charge in [0.2, 0.25) is 0 Å². The maximum atomic E-state index is 2.12. The molecule has 0 bridgehead atoms. The van der Waals surface area contributed by atoms with Gasteiger partial charge in [-0.1, -0.05) is 207 Å². The SMILES string of the molecule is CC.CC.CC.CC.CC.CCC.CCC.[Ar].[Ar].[Ar].c1ccc2ccccc2c1.c1ccc2ccccc2c1. The fraction of sp³-hybridized carbons (Fsp3) is 0.444. The smallest absolute Gasteiger partial charge is 0 e. The summed E-state index contributed by atoms with van der Waals surface area (Å²) in [5.41, 5.74) is 0. The van der Waals surface area contributed by atoms with E-state index in [-0.39, 0.29) is 113 Å². The van der Waals surface area contributed by atoms with Crippen LogP contribution >= 0.6 is 0 Å². The van der Waals surface area contributed by atoms with Gasteiger partial charge in [0.05, 0.1) is 0 Å². The first kappa shape index (κ1) is 59.6. The number of hydrogen-bond donors (Lipinski definition) is 0. The minimum atomic E-state index is 0. The summed E-state index contributed by atoms with van der Waals surface area (Å²) in [6, 6.07) is 33.4. The Morgan fingerprint density at radius 1 is 0.282 bits per heavy atom. The monoisotopic (exact) mass is 614 g/mol. The molecule has 39 heavy (non-hydrogen) atoms. The van der Waals surface area contributed by atoms with Gasteiger partial charge in [-0.2, -0.15) is 0 Å². The summed E-state index contributed by atoms with van der Waals surface area (Å²) >= 11 is 0. The average molecular weight is 615 g/mol. The number of rotatable bonds is 0. The van der Waals surface area contributed by atoms with Crippen molar-refractivity contribution in [2.75, 3.05) is 0 Å². The van der Waals surface area contributed by atoms with Crippen LogP contribution in [0.15, 0.2) is 97.1 Å². The average Bonchev–Trinajstić information content (AvgIpc) is 3.00. The number of benzene rings is 4. The Balaban J connectivity index is -0.0000000519. The quantitative estimate of drug-likeness (QED) is 0.185. The summed E-state index contributed by atoms with van der Waals surface area (Å²) in [5, 5.41) is 5.24. The van der Waals surface area contributed by atoms with E-state index in [9.17, 15) is 0 Å². The first-order valence-electron chi connectivity index (χ1n) is 14.6. The third-order valence-corrected chi connectivity index (χ3v) is 3.32. The van der Waals surface area contributed by atoms with E-state index in [0.717, 1.165) is 0 Å². The summed E-state index contributed by atoms with van der Waals surface area (Å²) in [5.74, 6) is 0. The van der Waals surface area contributed by atoms with Gasteiger partial charge < -0.3 is 0 Å².